The quantitative estimate of drug-likeness (QED) is 0.934. The Hall–Kier alpha value is -1.65. The van der Waals surface area contributed by atoms with Crippen molar-refractivity contribution in [2.75, 3.05) is 5.75 Å². The average Bonchev–Trinajstić information content (AvgIpc) is 2.61. The summed E-state index contributed by atoms with van der Waals surface area (Å²) in [6.45, 7) is 4.12. The van der Waals surface area contributed by atoms with Crippen LogP contribution in [-0.2, 0) is 9.84 Å². The first-order chi connectivity index (χ1) is 11.0. The molecule has 0 saturated carbocycles. The molecule has 1 heterocycles. The highest BCUT2D eigenvalue weighted by molar-refractivity contribution is 7.91. The van der Waals surface area contributed by atoms with Crippen LogP contribution >= 0.6 is 0 Å². The van der Waals surface area contributed by atoms with Crippen LogP contribution in [0.1, 0.15) is 43.9 Å². The SMILES string of the molecule is CCCC1(C)CS(=O)(=O)c2ccccc2C(c2ccccc2)N1. The lowest BCUT2D eigenvalue weighted by molar-refractivity contribution is 0.338. The summed E-state index contributed by atoms with van der Waals surface area (Å²) in [5, 5.41) is 3.64. The van der Waals surface area contributed by atoms with Crippen molar-refractivity contribution in [3.05, 3.63) is 65.7 Å². The second-order valence-corrected chi connectivity index (χ2v) is 8.55. The van der Waals surface area contributed by atoms with Crippen molar-refractivity contribution < 1.29 is 8.42 Å². The molecule has 3 rings (SSSR count). The highest BCUT2D eigenvalue weighted by Gasteiger charge is 2.39. The van der Waals surface area contributed by atoms with Crippen LogP contribution in [0.4, 0.5) is 0 Å². The first-order valence-corrected chi connectivity index (χ1v) is 9.75. The standard InChI is InChI=1S/C19H23NO2S/c1-3-13-19(2)14-23(21,22)17-12-8-7-11-16(17)18(20-19)15-9-5-4-6-10-15/h4-12,18,20H,3,13-14H2,1-2H3. The molecule has 2 unspecified atom stereocenters. The number of hydrogen-bond acceptors (Lipinski definition) is 3. The van der Waals surface area contributed by atoms with Crippen molar-refractivity contribution in [3.63, 3.8) is 0 Å². The lowest BCUT2D eigenvalue weighted by Crippen LogP contribution is -2.47. The van der Waals surface area contributed by atoms with Gasteiger partial charge in [-0.15, -0.1) is 0 Å². The van der Waals surface area contributed by atoms with Crippen molar-refractivity contribution in [2.45, 2.75) is 43.2 Å². The maximum Gasteiger partial charge on any atom is 0.180 e. The number of hydrogen-bond donors (Lipinski definition) is 1. The third-order valence-electron chi connectivity index (χ3n) is 4.50. The van der Waals surface area contributed by atoms with Crippen LogP contribution in [0.15, 0.2) is 59.5 Å². The summed E-state index contributed by atoms with van der Waals surface area (Å²) < 4.78 is 25.8. The molecule has 122 valence electrons. The number of rotatable bonds is 3. The monoisotopic (exact) mass is 329 g/mol. The number of nitrogens with one attached hydrogen (secondary N) is 1. The Labute approximate surface area is 138 Å². The van der Waals surface area contributed by atoms with Crippen LogP contribution < -0.4 is 5.32 Å². The summed E-state index contributed by atoms with van der Waals surface area (Å²) in [6, 6.07) is 17.4. The molecule has 0 saturated heterocycles. The van der Waals surface area contributed by atoms with E-state index < -0.39 is 15.4 Å². The molecule has 1 N–H and O–H groups in total. The summed E-state index contributed by atoms with van der Waals surface area (Å²) >= 11 is 0. The Kier molecular flexibility index (Phi) is 4.30. The molecule has 0 amide bonds. The highest BCUT2D eigenvalue weighted by atomic mass is 32.2. The molecule has 23 heavy (non-hydrogen) atoms. The predicted octanol–water partition coefficient (Wildman–Crippen LogP) is 3.71. The Bertz CT molecular complexity index is 786. The van der Waals surface area contributed by atoms with Crippen LogP contribution in [0.3, 0.4) is 0 Å². The first kappa shape index (κ1) is 16.2. The lowest BCUT2D eigenvalue weighted by atomic mass is 9.92. The Morgan fingerprint density at radius 1 is 1.09 bits per heavy atom. The van der Waals surface area contributed by atoms with Crippen molar-refractivity contribution in [1.82, 2.24) is 5.32 Å². The Balaban J connectivity index is 2.20. The summed E-state index contributed by atoms with van der Waals surface area (Å²) in [5.74, 6) is 0.133. The van der Waals surface area contributed by atoms with Crippen molar-refractivity contribution in [2.24, 2.45) is 0 Å². The van der Waals surface area contributed by atoms with Gasteiger partial charge in [0.2, 0.25) is 0 Å². The van der Waals surface area contributed by atoms with E-state index in [4.69, 9.17) is 0 Å². The zero-order valence-corrected chi connectivity index (χ0v) is 14.4. The van der Waals surface area contributed by atoms with Gasteiger partial charge in [-0.2, -0.15) is 0 Å². The van der Waals surface area contributed by atoms with Crippen LogP contribution in [0.25, 0.3) is 0 Å². The second-order valence-electron chi connectivity index (χ2n) is 6.60. The molecular weight excluding hydrogens is 306 g/mol. The zero-order valence-electron chi connectivity index (χ0n) is 13.6. The zero-order chi connectivity index (χ0) is 16.5. The molecule has 4 heteroatoms. The van der Waals surface area contributed by atoms with Gasteiger partial charge in [0.1, 0.15) is 0 Å². The molecule has 0 fully saturated rings. The van der Waals surface area contributed by atoms with E-state index in [1.165, 1.54) is 0 Å². The minimum atomic E-state index is -3.31. The van der Waals surface area contributed by atoms with E-state index in [-0.39, 0.29) is 11.8 Å². The van der Waals surface area contributed by atoms with Gasteiger partial charge in [-0.1, -0.05) is 61.9 Å². The average molecular weight is 329 g/mol. The number of benzene rings is 2. The van der Waals surface area contributed by atoms with E-state index >= 15 is 0 Å². The largest absolute Gasteiger partial charge is 0.300 e. The van der Waals surface area contributed by atoms with Gasteiger partial charge in [0.05, 0.1) is 16.7 Å². The summed E-state index contributed by atoms with van der Waals surface area (Å²) in [5.41, 5.74) is 1.51. The lowest BCUT2D eigenvalue weighted by Gasteiger charge is -2.32. The van der Waals surface area contributed by atoms with E-state index in [0.717, 1.165) is 24.0 Å². The van der Waals surface area contributed by atoms with Crippen LogP contribution in [0.5, 0.6) is 0 Å². The molecule has 0 bridgehead atoms. The third kappa shape index (κ3) is 3.19. The molecular formula is C19H23NO2S. The van der Waals surface area contributed by atoms with E-state index in [1.54, 1.807) is 12.1 Å². The van der Waals surface area contributed by atoms with Gasteiger partial charge >= 0.3 is 0 Å². The molecule has 1 aliphatic heterocycles. The van der Waals surface area contributed by atoms with Crippen LogP contribution in [0.2, 0.25) is 0 Å². The molecule has 2 aromatic carbocycles. The van der Waals surface area contributed by atoms with Crippen molar-refractivity contribution >= 4 is 9.84 Å². The van der Waals surface area contributed by atoms with Gasteiger partial charge in [-0.05, 0) is 30.5 Å². The molecule has 2 atom stereocenters. The van der Waals surface area contributed by atoms with E-state index in [0.29, 0.717) is 4.90 Å². The summed E-state index contributed by atoms with van der Waals surface area (Å²) in [4.78, 5) is 0.459. The van der Waals surface area contributed by atoms with E-state index in [1.807, 2.05) is 37.3 Å². The van der Waals surface area contributed by atoms with Gasteiger partial charge in [0.15, 0.2) is 9.84 Å². The summed E-state index contributed by atoms with van der Waals surface area (Å²) in [7, 11) is -3.31. The molecule has 3 nitrogen and oxygen atoms in total. The van der Waals surface area contributed by atoms with Crippen LogP contribution in [-0.4, -0.2) is 19.7 Å². The van der Waals surface area contributed by atoms with Gasteiger partial charge in [0.25, 0.3) is 0 Å². The molecule has 1 aliphatic rings. The maximum atomic E-state index is 12.9. The third-order valence-corrected chi connectivity index (χ3v) is 6.56. The fraction of sp³-hybridized carbons (Fsp3) is 0.368. The molecule has 0 radical (unpaired) electrons. The first-order valence-electron chi connectivity index (χ1n) is 8.09. The van der Waals surface area contributed by atoms with Gasteiger partial charge in [-0.3, -0.25) is 5.32 Å². The minimum absolute atomic E-state index is 0.110. The Morgan fingerprint density at radius 2 is 1.74 bits per heavy atom. The molecule has 0 spiro atoms. The number of sulfone groups is 1. The van der Waals surface area contributed by atoms with Crippen molar-refractivity contribution in [3.8, 4) is 0 Å². The predicted molar refractivity (Wildman–Crippen MR) is 93.2 cm³/mol. The highest BCUT2D eigenvalue weighted by Crippen LogP contribution is 2.36. The fourth-order valence-corrected chi connectivity index (χ4v) is 5.62. The van der Waals surface area contributed by atoms with Gasteiger partial charge in [-0.25, -0.2) is 8.42 Å². The smallest absolute Gasteiger partial charge is 0.180 e. The molecule has 0 aliphatic carbocycles. The molecule has 2 aromatic rings. The fourth-order valence-electron chi connectivity index (χ4n) is 3.57. The maximum absolute atomic E-state index is 12.9. The summed E-state index contributed by atoms with van der Waals surface area (Å²) in [6.07, 6.45) is 1.76. The molecule has 0 aromatic heterocycles. The Morgan fingerprint density at radius 3 is 2.43 bits per heavy atom. The number of fused-ring (bicyclic) bond motifs is 1. The van der Waals surface area contributed by atoms with Gasteiger partial charge < -0.3 is 0 Å². The van der Waals surface area contributed by atoms with Crippen LogP contribution in [0, 0.1) is 0 Å². The minimum Gasteiger partial charge on any atom is -0.300 e. The van der Waals surface area contributed by atoms with Gasteiger partial charge in [0, 0.05) is 5.54 Å². The van der Waals surface area contributed by atoms with E-state index in [9.17, 15) is 8.42 Å². The van der Waals surface area contributed by atoms with Crippen molar-refractivity contribution in [1.29, 1.82) is 0 Å². The van der Waals surface area contributed by atoms with E-state index in [2.05, 4.69) is 24.4 Å². The normalized spacial score (nSPS) is 26.3. The second kappa shape index (κ2) is 6.10. The topological polar surface area (TPSA) is 46.2 Å².